The Morgan fingerprint density at radius 2 is 1.65 bits per heavy atom. The fraction of sp³-hybridized carbons (Fsp3) is 0.938. The molecule has 1 atom stereocenters. The Balaban J connectivity index is 2.60. The highest BCUT2D eigenvalue weighted by atomic mass is 15.3. The van der Waals surface area contributed by atoms with Crippen molar-refractivity contribution in [1.82, 2.24) is 9.80 Å². The molecule has 1 heterocycles. The minimum atomic E-state index is 0.496. The largest absolute Gasteiger partial charge is 0.370 e. The molecule has 4 nitrogen and oxygen atoms in total. The van der Waals surface area contributed by atoms with E-state index in [0.29, 0.717) is 12.0 Å². The maximum Gasteiger partial charge on any atom is 0.191 e. The van der Waals surface area contributed by atoms with Crippen LogP contribution >= 0.6 is 0 Å². The highest BCUT2D eigenvalue weighted by Crippen LogP contribution is 2.17. The first-order valence-electron chi connectivity index (χ1n) is 8.31. The maximum atomic E-state index is 6.21. The van der Waals surface area contributed by atoms with E-state index in [2.05, 4.69) is 37.7 Å². The van der Waals surface area contributed by atoms with Crippen LogP contribution in [0.3, 0.4) is 0 Å². The van der Waals surface area contributed by atoms with Gasteiger partial charge >= 0.3 is 0 Å². The molecular formula is C16H34N4. The minimum Gasteiger partial charge on any atom is -0.370 e. The fourth-order valence-corrected chi connectivity index (χ4v) is 3.15. The maximum absolute atomic E-state index is 6.21. The van der Waals surface area contributed by atoms with E-state index in [4.69, 9.17) is 10.7 Å². The third kappa shape index (κ3) is 5.31. The molecule has 0 spiro atoms. The summed E-state index contributed by atoms with van der Waals surface area (Å²) in [6.07, 6.45) is 7.58. The van der Waals surface area contributed by atoms with E-state index in [1.54, 1.807) is 0 Å². The molecule has 0 amide bonds. The minimum absolute atomic E-state index is 0.496. The first-order valence-corrected chi connectivity index (χ1v) is 8.31. The Kier molecular flexibility index (Phi) is 7.97. The van der Waals surface area contributed by atoms with Gasteiger partial charge in [-0.3, -0.25) is 4.99 Å². The van der Waals surface area contributed by atoms with Crippen molar-refractivity contribution < 1.29 is 0 Å². The molecule has 118 valence electrons. The molecule has 0 aromatic carbocycles. The van der Waals surface area contributed by atoms with E-state index in [-0.39, 0.29) is 0 Å². The summed E-state index contributed by atoms with van der Waals surface area (Å²) >= 11 is 0. The van der Waals surface area contributed by atoms with Crippen molar-refractivity contribution >= 4 is 5.96 Å². The van der Waals surface area contributed by atoms with Crippen LogP contribution in [0.4, 0.5) is 0 Å². The van der Waals surface area contributed by atoms with Crippen LogP contribution in [0.15, 0.2) is 4.99 Å². The van der Waals surface area contributed by atoms with Crippen LogP contribution < -0.4 is 5.73 Å². The molecule has 1 unspecified atom stereocenters. The lowest BCUT2D eigenvalue weighted by atomic mass is 9.93. The van der Waals surface area contributed by atoms with E-state index < -0.39 is 0 Å². The summed E-state index contributed by atoms with van der Waals surface area (Å²) < 4.78 is 0. The zero-order valence-corrected chi connectivity index (χ0v) is 13.9. The van der Waals surface area contributed by atoms with Gasteiger partial charge in [-0.25, -0.2) is 0 Å². The molecule has 0 bridgehead atoms. The molecule has 0 aromatic rings. The van der Waals surface area contributed by atoms with Gasteiger partial charge in [0.25, 0.3) is 0 Å². The monoisotopic (exact) mass is 282 g/mol. The number of hydrogen-bond donors (Lipinski definition) is 1. The molecule has 0 aromatic heterocycles. The first kappa shape index (κ1) is 17.3. The fourth-order valence-electron chi connectivity index (χ4n) is 3.15. The normalized spacial score (nSPS) is 19.5. The van der Waals surface area contributed by atoms with Gasteiger partial charge in [-0.15, -0.1) is 0 Å². The summed E-state index contributed by atoms with van der Waals surface area (Å²) in [4.78, 5) is 9.28. The summed E-state index contributed by atoms with van der Waals surface area (Å²) in [7, 11) is 4.31. The predicted octanol–water partition coefficient (Wildman–Crippen LogP) is 2.54. The van der Waals surface area contributed by atoms with Gasteiger partial charge in [0.1, 0.15) is 0 Å². The van der Waals surface area contributed by atoms with E-state index in [1.165, 1.54) is 38.5 Å². The van der Waals surface area contributed by atoms with E-state index in [0.717, 1.165) is 25.6 Å². The molecule has 0 saturated carbocycles. The average Bonchev–Trinajstić information content (AvgIpc) is 2.71. The number of aliphatic imine (C=N–C) groups is 1. The van der Waals surface area contributed by atoms with Crippen molar-refractivity contribution in [2.75, 3.05) is 33.7 Å². The summed E-state index contributed by atoms with van der Waals surface area (Å²) in [5, 5.41) is 0. The van der Waals surface area contributed by atoms with Gasteiger partial charge in [-0.05, 0) is 32.9 Å². The smallest absolute Gasteiger partial charge is 0.191 e. The summed E-state index contributed by atoms with van der Waals surface area (Å²) in [6, 6.07) is 0.496. The van der Waals surface area contributed by atoms with Crippen molar-refractivity contribution in [1.29, 1.82) is 0 Å². The number of hydrogen-bond acceptors (Lipinski definition) is 2. The Hall–Kier alpha value is -0.770. The third-order valence-corrected chi connectivity index (χ3v) is 4.63. The van der Waals surface area contributed by atoms with E-state index >= 15 is 0 Å². The quantitative estimate of drug-likeness (QED) is 0.601. The standard InChI is InChI=1S/C16H34N4/c1-5-14(6-2)15(19(3)4)13-18-16(17)20-11-9-7-8-10-12-20/h14-15H,5-13H2,1-4H3,(H2,17,18). The second kappa shape index (κ2) is 9.22. The predicted molar refractivity (Wildman–Crippen MR) is 88.1 cm³/mol. The Bertz CT molecular complexity index is 276. The van der Waals surface area contributed by atoms with Crippen LogP contribution in [-0.2, 0) is 0 Å². The first-order chi connectivity index (χ1) is 9.60. The van der Waals surface area contributed by atoms with E-state index in [9.17, 15) is 0 Å². The lowest BCUT2D eigenvalue weighted by molar-refractivity contribution is 0.205. The Morgan fingerprint density at radius 1 is 1.10 bits per heavy atom. The van der Waals surface area contributed by atoms with Crippen LogP contribution in [0, 0.1) is 5.92 Å². The van der Waals surface area contributed by atoms with Crippen LogP contribution in [0.25, 0.3) is 0 Å². The molecule has 20 heavy (non-hydrogen) atoms. The van der Waals surface area contributed by atoms with Crippen molar-refractivity contribution in [3.05, 3.63) is 0 Å². The van der Waals surface area contributed by atoms with Crippen LogP contribution in [-0.4, -0.2) is 55.5 Å². The Labute approximate surface area is 125 Å². The number of rotatable bonds is 6. The zero-order chi connectivity index (χ0) is 15.0. The van der Waals surface area contributed by atoms with Gasteiger partial charge < -0.3 is 15.5 Å². The highest BCUT2D eigenvalue weighted by molar-refractivity contribution is 5.78. The molecule has 1 fully saturated rings. The lowest BCUT2D eigenvalue weighted by Gasteiger charge is -2.30. The third-order valence-electron chi connectivity index (χ3n) is 4.63. The molecule has 0 aliphatic carbocycles. The van der Waals surface area contributed by atoms with Crippen molar-refractivity contribution in [2.24, 2.45) is 16.6 Å². The van der Waals surface area contributed by atoms with Gasteiger partial charge in [-0.1, -0.05) is 39.5 Å². The highest BCUT2D eigenvalue weighted by Gasteiger charge is 2.20. The van der Waals surface area contributed by atoms with Crippen LogP contribution in [0.1, 0.15) is 52.4 Å². The van der Waals surface area contributed by atoms with Gasteiger partial charge in [0.15, 0.2) is 5.96 Å². The summed E-state index contributed by atoms with van der Waals surface area (Å²) in [5.41, 5.74) is 6.21. The van der Waals surface area contributed by atoms with Gasteiger partial charge in [-0.2, -0.15) is 0 Å². The number of nitrogens with two attached hydrogens (primary N) is 1. The number of likely N-dealkylation sites (tertiary alicyclic amines) is 1. The van der Waals surface area contributed by atoms with Gasteiger partial charge in [0.2, 0.25) is 0 Å². The molecule has 1 aliphatic heterocycles. The Morgan fingerprint density at radius 3 is 2.10 bits per heavy atom. The number of guanidine groups is 1. The SMILES string of the molecule is CCC(CC)C(CN=C(N)N1CCCCCC1)N(C)C. The molecule has 1 aliphatic rings. The molecule has 1 rings (SSSR count). The summed E-state index contributed by atoms with van der Waals surface area (Å²) in [5.74, 6) is 1.45. The molecular weight excluding hydrogens is 248 g/mol. The van der Waals surface area contributed by atoms with Crippen molar-refractivity contribution in [3.63, 3.8) is 0 Å². The topological polar surface area (TPSA) is 44.9 Å². The van der Waals surface area contributed by atoms with Crippen molar-refractivity contribution in [3.8, 4) is 0 Å². The second-order valence-corrected chi connectivity index (χ2v) is 6.21. The van der Waals surface area contributed by atoms with Crippen molar-refractivity contribution in [2.45, 2.75) is 58.4 Å². The van der Waals surface area contributed by atoms with Crippen LogP contribution in [0.2, 0.25) is 0 Å². The zero-order valence-electron chi connectivity index (χ0n) is 13.9. The average molecular weight is 282 g/mol. The van der Waals surface area contributed by atoms with Gasteiger partial charge in [0.05, 0.1) is 6.54 Å². The molecule has 0 radical (unpaired) electrons. The second-order valence-electron chi connectivity index (χ2n) is 6.21. The number of nitrogens with zero attached hydrogens (tertiary/aromatic N) is 3. The molecule has 1 saturated heterocycles. The molecule has 2 N–H and O–H groups in total. The van der Waals surface area contributed by atoms with E-state index in [1.807, 2.05) is 0 Å². The van der Waals surface area contributed by atoms with Gasteiger partial charge in [0, 0.05) is 19.1 Å². The number of likely N-dealkylation sites (N-methyl/N-ethyl adjacent to an activating group) is 1. The summed E-state index contributed by atoms with van der Waals surface area (Å²) in [6.45, 7) is 7.51. The molecule has 4 heteroatoms. The van der Waals surface area contributed by atoms with Crippen LogP contribution in [0.5, 0.6) is 0 Å². The lowest BCUT2D eigenvalue weighted by Crippen LogP contribution is -2.41.